The molecule has 1 heteroatoms. The third-order valence-electron chi connectivity index (χ3n) is 2.72. The van der Waals surface area contributed by atoms with Crippen molar-refractivity contribution in [3.8, 4) is 0 Å². The van der Waals surface area contributed by atoms with Crippen LogP contribution in [-0.2, 0) is 0 Å². The van der Waals surface area contributed by atoms with Crippen molar-refractivity contribution in [2.45, 2.75) is 12.0 Å². The number of dihydropyridines is 1. The van der Waals surface area contributed by atoms with E-state index in [-0.39, 0.29) is 0 Å². The average Bonchev–Trinajstić information content (AvgIpc) is 2.36. The first kappa shape index (κ1) is 2.12. The molecule has 0 aromatic carbocycles. The fourth-order valence-corrected chi connectivity index (χ4v) is 2.20. The average molecular weight is 89.1 g/mol. The lowest BCUT2D eigenvalue weighted by molar-refractivity contribution is 0.736. The van der Waals surface area contributed by atoms with Crippen LogP contribution in [-0.4, -0.2) is 11.3 Å². The molecule has 1 aliphatic heterocycles. The summed E-state index contributed by atoms with van der Waals surface area (Å²) in [5.74, 6) is 0.970. The van der Waals surface area contributed by atoms with Gasteiger partial charge in [-0.25, -0.2) is 0 Å². The van der Waals surface area contributed by atoms with Crippen molar-refractivity contribution in [2.24, 2.45) is 10.9 Å². The van der Waals surface area contributed by atoms with Crippen molar-refractivity contribution in [3.05, 3.63) is 11.1 Å². The van der Waals surface area contributed by atoms with Gasteiger partial charge in [0, 0.05) is 11.5 Å². The summed E-state index contributed by atoms with van der Waals surface area (Å²) in [5.41, 5.74) is 5.30. The summed E-state index contributed by atoms with van der Waals surface area (Å²) in [7, 11) is 0. The highest BCUT2D eigenvalue weighted by molar-refractivity contribution is 6.41. The summed E-state index contributed by atoms with van der Waals surface area (Å²) in [6.07, 6.45) is 1.39. The molecule has 0 saturated heterocycles. The molecule has 1 spiro atoms. The van der Waals surface area contributed by atoms with E-state index in [1.54, 1.807) is 11.1 Å². The van der Waals surface area contributed by atoms with Crippen molar-refractivity contribution in [3.63, 3.8) is 0 Å². The van der Waals surface area contributed by atoms with Crippen molar-refractivity contribution in [1.82, 2.24) is 0 Å². The lowest BCUT2D eigenvalue weighted by Gasteiger charge is -2.12. The highest BCUT2D eigenvalue weighted by atomic mass is 15.2. The largest absolute Gasteiger partial charge is 0.272 e. The molecule has 0 aromatic heterocycles. The topological polar surface area (TPSA) is 12.4 Å². The second-order valence-corrected chi connectivity index (χ2v) is 2.93. The second-order valence-electron chi connectivity index (χ2n) is 2.93. The maximum atomic E-state index is 4.42. The number of rotatable bonds is 0. The molecule has 0 amide bonds. The minimum absolute atomic E-state index is 0.532. The van der Waals surface area contributed by atoms with Crippen LogP contribution in [0, 0.1) is 5.92 Å². The van der Waals surface area contributed by atoms with Crippen LogP contribution in [0.2, 0.25) is 0 Å². The zero-order valence-corrected chi connectivity index (χ0v) is 3.73. The van der Waals surface area contributed by atoms with Crippen molar-refractivity contribution < 1.29 is 0 Å². The summed E-state index contributed by atoms with van der Waals surface area (Å²) in [5, 5.41) is 0. The predicted octanol–water partition coefficient (Wildman–Crippen LogP) is 0.524. The van der Waals surface area contributed by atoms with Gasteiger partial charge in [0.1, 0.15) is 0 Å². The Labute approximate surface area is 40.7 Å². The molecule has 0 aromatic rings. The van der Waals surface area contributed by atoms with Crippen LogP contribution in [0.5, 0.6) is 0 Å². The molecule has 0 N–H and O–H groups in total. The van der Waals surface area contributed by atoms with E-state index in [0.29, 0.717) is 5.54 Å². The van der Waals surface area contributed by atoms with Gasteiger partial charge in [-0.05, 0) is 12.0 Å². The zero-order chi connectivity index (χ0) is 4.22. The van der Waals surface area contributed by atoms with Crippen LogP contribution in [0.4, 0.5) is 0 Å². The van der Waals surface area contributed by atoms with E-state index in [1.807, 2.05) is 0 Å². The van der Waals surface area contributed by atoms with E-state index in [1.165, 1.54) is 12.1 Å². The first-order valence-electron chi connectivity index (χ1n) is 2.79. The van der Waals surface area contributed by atoms with Crippen molar-refractivity contribution >= 4 is 5.71 Å². The molecule has 0 radical (unpaired) electrons. The molecule has 2 atom stereocenters. The second kappa shape index (κ2) is 0.279. The highest BCUT2D eigenvalue weighted by Gasteiger charge is 2.83. The predicted molar refractivity (Wildman–Crippen MR) is 25.3 cm³/mol. The van der Waals surface area contributed by atoms with Gasteiger partial charge < -0.3 is 0 Å². The Kier molecular flexibility index (Phi) is 0.0845. The Morgan fingerprint density at radius 1 is 1.71 bits per heavy atom. The molecule has 4 rings (SSSR count). The minimum atomic E-state index is 0.532. The smallest absolute Gasteiger partial charge is 0.0965 e. The molecule has 7 heavy (non-hydrogen) atoms. The Morgan fingerprint density at radius 3 is 2.86 bits per heavy atom. The highest BCUT2D eigenvalue weighted by Crippen LogP contribution is 2.81. The number of hydrogen-bond acceptors (Lipinski definition) is 1. The first-order valence-corrected chi connectivity index (χ1v) is 2.79. The van der Waals surface area contributed by atoms with Gasteiger partial charge in [-0.2, -0.15) is 0 Å². The minimum Gasteiger partial charge on any atom is -0.272 e. The Balaban J connectivity index is 2.49. The molecule has 1 nitrogen and oxygen atoms in total. The van der Waals surface area contributed by atoms with Gasteiger partial charge in [-0.15, -0.1) is 0 Å². The Morgan fingerprint density at radius 2 is 2.71 bits per heavy atom. The summed E-state index contributed by atoms with van der Waals surface area (Å²) >= 11 is 0. The Bertz CT molecular complexity index is 264. The van der Waals surface area contributed by atoms with Gasteiger partial charge in [0.2, 0.25) is 0 Å². The number of fused-ring (bicyclic) bond motifs is 2. The summed E-state index contributed by atoms with van der Waals surface area (Å²) in [4.78, 5) is 4.42. The third-order valence-corrected chi connectivity index (χ3v) is 2.72. The van der Waals surface area contributed by atoms with Crippen LogP contribution in [0.1, 0.15) is 6.42 Å². The summed E-state index contributed by atoms with van der Waals surface area (Å²) < 4.78 is 0. The van der Waals surface area contributed by atoms with E-state index < -0.39 is 0 Å². The number of aliphatic imine (C=N–C) groups is 1. The molecule has 32 valence electrons. The molecular formula is C6H3N. The standard InChI is InChI=1S/C6H3N/c1-2-3-4-5(3)7-6(1,2)4/h2H,1H2/t2?,6-/m1/s1. The molecule has 4 aliphatic rings. The van der Waals surface area contributed by atoms with E-state index in [9.17, 15) is 0 Å². The van der Waals surface area contributed by atoms with E-state index in [4.69, 9.17) is 0 Å². The van der Waals surface area contributed by atoms with Crippen LogP contribution < -0.4 is 0 Å². The molecule has 1 unspecified atom stereocenters. The van der Waals surface area contributed by atoms with Gasteiger partial charge in [0.25, 0.3) is 0 Å². The van der Waals surface area contributed by atoms with Crippen molar-refractivity contribution in [2.75, 3.05) is 0 Å². The molecule has 0 bridgehead atoms. The maximum absolute atomic E-state index is 4.42. The van der Waals surface area contributed by atoms with E-state index in [2.05, 4.69) is 4.99 Å². The van der Waals surface area contributed by atoms with Crippen LogP contribution in [0.15, 0.2) is 16.1 Å². The van der Waals surface area contributed by atoms with Gasteiger partial charge in [0.15, 0.2) is 0 Å². The van der Waals surface area contributed by atoms with Gasteiger partial charge >= 0.3 is 0 Å². The van der Waals surface area contributed by atoms with Crippen LogP contribution in [0.3, 0.4) is 0 Å². The SMILES string of the molecule is C1C2C3=C4C3=N[C@@]142. The summed E-state index contributed by atoms with van der Waals surface area (Å²) in [6.45, 7) is 0. The van der Waals surface area contributed by atoms with Crippen molar-refractivity contribution in [1.29, 1.82) is 0 Å². The van der Waals surface area contributed by atoms with Gasteiger partial charge in [-0.1, -0.05) is 0 Å². The maximum Gasteiger partial charge on any atom is 0.0965 e. The molecule has 1 saturated carbocycles. The lowest BCUT2D eigenvalue weighted by Crippen LogP contribution is -2.16. The number of nitrogens with zero attached hydrogens (tertiary/aromatic N) is 1. The van der Waals surface area contributed by atoms with E-state index in [0.717, 1.165) is 5.92 Å². The quantitative estimate of drug-likeness (QED) is 0.410. The third kappa shape index (κ3) is 0.0564. The molecule has 1 heterocycles. The molecule has 3 aliphatic carbocycles. The fourth-order valence-electron chi connectivity index (χ4n) is 2.20. The van der Waals surface area contributed by atoms with E-state index >= 15 is 0 Å². The molecular weight excluding hydrogens is 86.1 g/mol. The molecule has 1 fully saturated rings. The summed E-state index contributed by atoms with van der Waals surface area (Å²) in [6, 6.07) is 0. The zero-order valence-electron chi connectivity index (χ0n) is 3.73. The fraction of sp³-hybridized carbons (Fsp3) is 0.500. The normalized spacial score (nSPS) is 64.0. The van der Waals surface area contributed by atoms with Crippen LogP contribution >= 0.6 is 0 Å². The van der Waals surface area contributed by atoms with Gasteiger partial charge in [-0.3, -0.25) is 4.99 Å². The number of hydrogen-bond donors (Lipinski definition) is 0. The van der Waals surface area contributed by atoms with Crippen LogP contribution in [0.25, 0.3) is 0 Å². The lowest BCUT2D eigenvalue weighted by atomic mass is 10.0. The first-order chi connectivity index (χ1) is 3.43. The van der Waals surface area contributed by atoms with Gasteiger partial charge in [0.05, 0.1) is 11.3 Å². The monoisotopic (exact) mass is 89.0 g/mol. The Hall–Kier alpha value is -0.590.